The number of nitrogens with zero attached hydrogens (tertiary/aromatic N) is 1. The van der Waals surface area contributed by atoms with Crippen molar-refractivity contribution in [3.63, 3.8) is 0 Å². The van der Waals surface area contributed by atoms with Gasteiger partial charge in [0, 0.05) is 26.2 Å². The van der Waals surface area contributed by atoms with E-state index in [0.29, 0.717) is 17.5 Å². The second-order valence-corrected chi connectivity index (χ2v) is 4.65. The summed E-state index contributed by atoms with van der Waals surface area (Å²) in [5.74, 6) is -0.362. The monoisotopic (exact) mass is 261 g/mol. The van der Waals surface area contributed by atoms with Crippen LogP contribution in [-0.2, 0) is 11.2 Å². The molecule has 2 N–H and O–H groups in total. The Morgan fingerprint density at radius 1 is 1.32 bits per heavy atom. The topological polar surface area (TPSA) is 78.3 Å². The zero-order valence-electron chi connectivity index (χ0n) is 10.4. The van der Waals surface area contributed by atoms with Crippen molar-refractivity contribution >= 4 is 17.0 Å². The molecule has 0 bridgehead atoms. The largest absolute Gasteiger partial charge is 0.417 e. The summed E-state index contributed by atoms with van der Waals surface area (Å²) in [6.45, 7) is 3.19. The molecular formula is C13H15N3O3. The van der Waals surface area contributed by atoms with E-state index in [1.165, 1.54) is 0 Å². The highest BCUT2D eigenvalue weighted by Gasteiger charge is 2.16. The van der Waals surface area contributed by atoms with Crippen molar-refractivity contribution in [2.75, 3.05) is 26.2 Å². The Labute approximate surface area is 109 Å². The number of hydrogen-bond donors (Lipinski definition) is 2. The number of amides is 1. The number of piperazine rings is 1. The Balaban J connectivity index is 1.76. The van der Waals surface area contributed by atoms with Gasteiger partial charge in [-0.3, -0.25) is 9.78 Å². The van der Waals surface area contributed by atoms with E-state index in [0.717, 1.165) is 31.7 Å². The molecule has 1 aromatic carbocycles. The summed E-state index contributed by atoms with van der Waals surface area (Å²) < 4.78 is 4.99. The lowest BCUT2D eigenvalue weighted by Crippen LogP contribution is -2.46. The van der Waals surface area contributed by atoms with Crippen LogP contribution < -0.4 is 11.1 Å². The molecule has 1 aliphatic rings. The Morgan fingerprint density at radius 2 is 2.11 bits per heavy atom. The Kier molecular flexibility index (Phi) is 3.08. The first-order valence-electron chi connectivity index (χ1n) is 6.32. The predicted octanol–water partition coefficient (Wildman–Crippen LogP) is 0.0954. The van der Waals surface area contributed by atoms with Gasteiger partial charge in [-0.2, -0.15) is 0 Å². The molecule has 0 atom stereocenters. The van der Waals surface area contributed by atoms with Crippen LogP contribution in [0.5, 0.6) is 0 Å². The van der Waals surface area contributed by atoms with Crippen molar-refractivity contribution in [3.05, 3.63) is 34.3 Å². The molecule has 0 aliphatic carbocycles. The second-order valence-electron chi connectivity index (χ2n) is 4.65. The average Bonchev–Trinajstić information content (AvgIpc) is 2.79. The van der Waals surface area contributed by atoms with Gasteiger partial charge in [-0.15, -0.1) is 0 Å². The van der Waals surface area contributed by atoms with Gasteiger partial charge in [-0.25, -0.2) is 4.79 Å². The number of fused-ring (bicyclic) bond motifs is 1. The molecule has 100 valence electrons. The number of nitrogens with one attached hydrogen (secondary N) is 2. The van der Waals surface area contributed by atoms with Crippen LogP contribution in [-0.4, -0.2) is 42.0 Å². The van der Waals surface area contributed by atoms with Crippen LogP contribution in [0.2, 0.25) is 0 Å². The van der Waals surface area contributed by atoms with E-state index in [-0.39, 0.29) is 5.91 Å². The first-order valence-corrected chi connectivity index (χ1v) is 6.32. The fourth-order valence-electron chi connectivity index (χ4n) is 2.30. The highest BCUT2D eigenvalue weighted by molar-refractivity contribution is 5.81. The lowest BCUT2D eigenvalue weighted by atomic mass is 10.1. The molecular weight excluding hydrogens is 246 g/mol. The van der Waals surface area contributed by atoms with Gasteiger partial charge >= 0.3 is 5.76 Å². The molecule has 1 fully saturated rings. The van der Waals surface area contributed by atoms with Crippen LogP contribution in [0.3, 0.4) is 0 Å². The highest BCUT2D eigenvalue weighted by atomic mass is 16.4. The lowest BCUT2D eigenvalue weighted by Gasteiger charge is -2.27. The molecule has 0 saturated carbocycles. The van der Waals surface area contributed by atoms with E-state index in [9.17, 15) is 9.59 Å². The average molecular weight is 261 g/mol. The molecule has 6 nitrogen and oxygen atoms in total. The Hall–Kier alpha value is -2.08. The van der Waals surface area contributed by atoms with Crippen LogP contribution >= 0.6 is 0 Å². The van der Waals surface area contributed by atoms with Crippen molar-refractivity contribution in [1.29, 1.82) is 0 Å². The number of aromatic amines is 1. The molecule has 0 unspecified atom stereocenters. The van der Waals surface area contributed by atoms with Crippen molar-refractivity contribution in [1.82, 2.24) is 15.2 Å². The number of benzene rings is 1. The van der Waals surface area contributed by atoms with E-state index in [2.05, 4.69) is 10.3 Å². The van der Waals surface area contributed by atoms with Crippen LogP contribution in [0.1, 0.15) is 5.56 Å². The van der Waals surface area contributed by atoms with Gasteiger partial charge in [-0.05, 0) is 17.7 Å². The summed E-state index contributed by atoms with van der Waals surface area (Å²) in [7, 11) is 0. The third-order valence-electron chi connectivity index (χ3n) is 3.31. The van der Waals surface area contributed by atoms with Gasteiger partial charge in [-0.1, -0.05) is 6.07 Å². The van der Waals surface area contributed by atoms with Crippen molar-refractivity contribution in [2.45, 2.75) is 6.42 Å². The Bertz CT molecular complexity index is 652. The van der Waals surface area contributed by atoms with Gasteiger partial charge in [0.15, 0.2) is 5.58 Å². The van der Waals surface area contributed by atoms with Gasteiger partial charge in [0.1, 0.15) is 0 Å². The number of hydrogen-bond acceptors (Lipinski definition) is 4. The maximum absolute atomic E-state index is 12.1. The number of H-pyrrole nitrogens is 1. The summed E-state index contributed by atoms with van der Waals surface area (Å²) in [5, 5.41) is 3.21. The normalized spacial score (nSPS) is 15.9. The first kappa shape index (κ1) is 12.0. The molecule has 1 saturated heterocycles. The van der Waals surface area contributed by atoms with E-state index in [1.807, 2.05) is 11.0 Å². The summed E-state index contributed by atoms with van der Waals surface area (Å²) in [4.78, 5) is 27.6. The Morgan fingerprint density at radius 3 is 2.89 bits per heavy atom. The van der Waals surface area contributed by atoms with Crippen molar-refractivity contribution in [2.24, 2.45) is 0 Å². The van der Waals surface area contributed by atoms with Gasteiger partial charge in [0.2, 0.25) is 5.91 Å². The van der Waals surface area contributed by atoms with E-state index < -0.39 is 5.76 Å². The minimum absolute atomic E-state index is 0.110. The molecule has 3 rings (SSSR count). The number of aromatic nitrogens is 1. The standard InChI is InChI=1S/C13H15N3O3/c17-12(16-5-3-14-4-6-16)8-9-1-2-10-11(7-9)19-13(18)15-10/h1-2,7,14H,3-6,8H2,(H,15,18). The fraction of sp³-hybridized carbons (Fsp3) is 0.385. The quantitative estimate of drug-likeness (QED) is 0.803. The maximum atomic E-state index is 12.1. The summed E-state index contributed by atoms with van der Waals surface area (Å²) >= 11 is 0. The molecule has 0 radical (unpaired) electrons. The molecule has 1 aromatic heterocycles. The van der Waals surface area contributed by atoms with Crippen LogP contribution in [0, 0.1) is 0 Å². The predicted molar refractivity (Wildman–Crippen MR) is 70.0 cm³/mol. The second kappa shape index (κ2) is 4.89. The van der Waals surface area contributed by atoms with E-state index in [4.69, 9.17) is 4.42 Å². The summed E-state index contributed by atoms with van der Waals surface area (Å²) in [6, 6.07) is 5.35. The summed E-state index contributed by atoms with van der Waals surface area (Å²) in [5.41, 5.74) is 2.01. The van der Waals surface area contributed by atoms with Crippen molar-refractivity contribution < 1.29 is 9.21 Å². The number of rotatable bonds is 2. The maximum Gasteiger partial charge on any atom is 0.417 e. The molecule has 1 aliphatic heterocycles. The van der Waals surface area contributed by atoms with Crippen molar-refractivity contribution in [3.8, 4) is 0 Å². The zero-order chi connectivity index (χ0) is 13.2. The van der Waals surface area contributed by atoms with E-state index in [1.54, 1.807) is 12.1 Å². The molecule has 0 spiro atoms. The SMILES string of the molecule is O=C(Cc1ccc2[nH]c(=O)oc2c1)N1CCNCC1. The smallest absolute Gasteiger partial charge is 0.408 e. The fourth-order valence-corrected chi connectivity index (χ4v) is 2.30. The van der Waals surface area contributed by atoms with E-state index >= 15 is 0 Å². The van der Waals surface area contributed by atoms with Gasteiger partial charge in [0.05, 0.1) is 11.9 Å². The molecule has 2 aromatic rings. The van der Waals surface area contributed by atoms with Crippen LogP contribution in [0.4, 0.5) is 0 Å². The molecule has 6 heteroatoms. The third kappa shape index (κ3) is 2.53. The zero-order valence-corrected chi connectivity index (χ0v) is 10.4. The first-order chi connectivity index (χ1) is 9.22. The molecule has 2 heterocycles. The van der Waals surface area contributed by atoms with Crippen LogP contribution in [0.25, 0.3) is 11.1 Å². The lowest BCUT2D eigenvalue weighted by molar-refractivity contribution is -0.131. The van der Waals surface area contributed by atoms with Gasteiger partial charge < -0.3 is 14.6 Å². The highest BCUT2D eigenvalue weighted by Crippen LogP contribution is 2.13. The summed E-state index contributed by atoms with van der Waals surface area (Å²) in [6.07, 6.45) is 0.338. The minimum atomic E-state index is -0.472. The molecule has 19 heavy (non-hydrogen) atoms. The number of oxazole rings is 1. The molecule has 1 amide bonds. The van der Waals surface area contributed by atoms with Crippen LogP contribution in [0.15, 0.2) is 27.4 Å². The minimum Gasteiger partial charge on any atom is -0.408 e. The number of carbonyl (C=O) groups is 1. The van der Waals surface area contributed by atoms with Gasteiger partial charge in [0.25, 0.3) is 0 Å². The number of carbonyl (C=O) groups excluding carboxylic acids is 1. The third-order valence-corrected chi connectivity index (χ3v) is 3.31.